The van der Waals surface area contributed by atoms with Crippen LogP contribution in [-0.4, -0.2) is 16.8 Å². The van der Waals surface area contributed by atoms with Crippen LogP contribution in [0.2, 0.25) is 0 Å². The molecular formula is C10H9ClF2O2. The summed E-state index contributed by atoms with van der Waals surface area (Å²) < 4.78 is 24.7. The number of carbonyl (C=O) groups excluding carboxylic acids is 1. The molecule has 0 aliphatic heterocycles. The van der Waals surface area contributed by atoms with Crippen molar-refractivity contribution in [1.82, 2.24) is 0 Å². The minimum Gasteiger partial charge on any atom is -0.508 e. The van der Waals surface area contributed by atoms with Crippen LogP contribution in [0.4, 0.5) is 8.78 Å². The quantitative estimate of drug-likeness (QED) is 0.642. The third-order valence-electron chi connectivity index (χ3n) is 1.84. The van der Waals surface area contributed by atoms with Gasteiger partial charge in [0.2, 0.25) is 0 Å². The van der Waals surface area contributed by atoms with Gasteiger partial charge >= 0.3 is 0 Å². The highest BCUT2D eigenvalue weighted by molar-refractivity contribution is 6.19. The lowest BCUT2D eigenvalue weighted by molar-refractivity contribution is 0.0988. The van der Waals surface area contributed by atoms with Crippen LogP contribution in [0.25, 0.3) is 0 Å². The molecule has 0 unspecified atom stereocenters. The molecule has 0 aromatic heterocycles. The van der Waals surface area contributed by atoms with Crippen molar-refractivity contribution < 1.29 is 18.7 Å². The molecule has 0 heterocycles. The van der Waals surface area contributed by atoms with Crippen LogP contribution in [-0.2, 0) is 0 Å². The van der Waals surface area contributed by atoms with Crippen LogP contribution in [0.15, 0.2) is 18.2 Å². The molecule has 0 amide bonds. The zero-order chi connectivity index (χ0) is 11.4. The Kier molecular flexibility index (Phi) is 4.03. The van der Waals surface area contributed by atoms with Crippen LogP contribution in [0, 0.1) is 0 Å². The number of rotatable bonds is 4. The number of halogens is 3. The van der Waals surface area contributed by atoms with Gasteiger partial charge in [-0.05, 0) is 18.2 Å². The number of phenols is 1. The van der Waals surface area contributed by atoms with Gasteiger partial charge in [-0.15, -0.1) is 11.6 Å². The Bertz CT molecular complexity index is 366. The summed E-state index contributed by atoms with van der Waals surface area (Å²) >= 11 is 5.36. The Morgan fingerprint density at radius 2 is 2.07 bits per heavy atom. The van der Waals surface area contributed by atoms with E-state index in [0.29, 0.717) is 0 Å². The van der Waals surface area contributed by atoms with E-state index >= 15 is 0 Å². The first kappa shape index (κ1) is 11.9. The molecule has 0 atom stereocenters. The highest BCUT2D eigenvalue weighted by Gasteiger charge is 2.13. The number of Topliss-reactive ketones (excluding diaryl/α,β-unsaturated/α-hetero) is 1. The van der Waals surface area contributed by atoms with Gasteiger partial charge in [0, 0.05) is 23.4 Å². The summed E-state index contributed by atoms with van der Waals surface area (Å²) in [6.07, 6.45) is -2.65. The van der Waals surface area contributed by atoms with Crippen molar-refractivity contribution in [1.29, 1.82) is 0 Å². The summed E-state index contributed by atoms with van der Waals surface area (Å²) in [4.78, 5) is 11.3. The second-order valence-corrected chi connectivity index (χ2v) is 3.35. The Balaban J connectivity index is 3.03. The van der Waals surface area contributed by atoms with E-state index in [0.717, 1.165) is 18.2 Å². The Labute approximate surface area is 90.5 Å². The maximum atomic E-state index is 12.3. The van der Waals surface area contributed by atoms with E-state index in [9.17, 15) is 13.6 Å². The van der Waals surface area contributed by atoms with E-state index in [2.05, 4.69) is 0 Å². The van der Waals surface area contributed by atoms with Crippen molar-refractivity contribution in [2.24, 2.45) is 0 Å². The van der Waals surface area contributed by atoms with Crippen molar-refractivity contribution >= 4 is 17.4 Å². The zero-order valence-corrected chi connectivity index (χ0v) is 8.47. The predicted octanol–water partition coefficient (Wildman–Crippen LogP) is 3.14. The van der Waals surface area contributed by atoms with Gasteiger partial charge in [-0.2, -0.15) is 0 Å². The lowest BCUT2D eigenvalue weighted by atomic mass is 10.1. The molecular weight excluding hydrogens is 226 g/mol. The van der Waals surface area contributed by atoms with Crippen LogP contribution in [0.3, 0.4) is 0 Å². The molecule has 1 aromatic rings. The van der Waals surface area contributed by atoms with Gasteiger partial charge in [-0.1, -0.05) is 0 Å². The highest BCUT2D eigenvalue weighted by atomic mass is 35.5. The molecule has 2 nitrogen and oxygen atoms in total. The molecule has 0 saturated carbocycles. The fraction of sp³-hybridized carbons (Fsp3) is 0.300. The Morgan fingerprint density at radius 3 is 2.60 bits per heavy atom. The predicted molar refractivity (Wildman–Crippen MR) is 52.7 cm³/mol. The van der Waals surface area contributed by atoms with Gasteiger partial charge in [-0.25, -0.2) is 8.78 Å². The van der Waals surface area contributed by atoms with Gasteiger partial charge in [0.1, 0.15) is 5.75 Å². The molecule has 0 fully saturated rings. The maximum Gasteiger partial charge on any atom is 0.264 e. The number of benzene rings is 1. The molecule has 0 spiro atoms. The van der Waals surface area contributed by atoms with Crippen LogP contribution >= 0.6 is 11.6 Å². The van der Waals surface area contributed by atoms with E-state index < -0.39 is 6.43 Å². The number of hydrogen-bond acceptors (Lipinski definition) is 2. The summed E-state index contributed by atoms with van der Waals surface area (Å²) in [5.74, 6) is -0.577. The highest BCUT2D eigenvalue weighted by Crippen LogP contribution is 2.25. The minimum absolute atomic E-state index is 0.0611. The molecule has 1 aromatic carbocycles. The lowest BCUT2D eigenvalue weighted by Gasteiger charge is -2.04. The number of carbonyl (C=O) groups is 1. The second kappa shape index (κ2) is 5.07. The maximum absolute atomic E-state index is 12.3. The van der Waals surface area contributed by atoms with Gasteiger partial charge in [-0.3, -0.25) is 4.79 Å². The third kappa shape index (κ3) is 3.16. The van der Waals surface area contributed by atoms with Gasteiger partial charge in [0.15, 0.2) is 5.78 Å². The van der Waals surface area contributed by atoms with Crippen molar-refractivity contribution in [2.75, 3.05) is 5.88 Å². The molecule has 15 heavy (non-hydrogen) atoms. The van der Waals surface area contributed by atoms with Gasteiger partial charge in [0.05, 0.1) is 0 Å². The Hall–Kier alpha value is -1.16. The number of ketones is 1. The molecule has 82 valence electrons. The van der Waals surface area contributed by atoms with Gasteiger partial charge < -0.3 is 5.11 Å². The first-order chi connectivity index (χ1) is 7.04. The fourth-order valence-corrected chi connectivity index (χ4v) is 1.32. The molecule has 1 rings (SSSR count). The molecule has 0 aliphatic rings. The van der Waals surface area contributed by atoms with E-state index in [-0.39, 0.29) is 35.0 Å². The third-order valence-corrected chi connectivity index (χ3v) is 2.02. The van der Waals surface area contributed by atoms with Crippen LogP contribution < -0.4 is 0 Å². The fourth-order valence-electron chi connectivity index (χ4n) is 1.15. The second-order valence-electron chi connectivity index (χ2n) is 2.98. The van der Waals surface area contributed by atoms with Crippen molar-refractivity contribution in [3.63, 3.8) is 0 Å². The standard InChI is InChI=1S/C10H9ClF2O2/c11-2-1-9(15)6-3-7(10(12)13)5-8(14)4-6/h3-5,10,14H,1-2H2. The lowest BCUT2D eigenvalue weighted by Crippen LogP contribution is -2.00. The van der Waals surface area contributed by atoms with Crippen molar-refractivity contribution in [3.05, 3.63) is 29.3 Å². The average Bonchev–Trinajstić information content (AvgIpc) is 2.17. The topological polar surface area (TPSA) is 37.3 Å². The van der Waals surface area contributed by atoms with Crippen LogP contribution in [0.5, 0.6) is 5.75 Å². The van der Waals surface area contributed by atoms with E-state index in [1.165, 1.54) is 0 Å². The number of hydrogen-bond donors (Lipinski definition) is 1. The summed E-state index contributed by atoms with van der Waals surface area (Å²) in [5, 5.41) is 9.14. The Morgan fingerprint density at radius 1 is 1.40 bits per heavy atom. The molecule has 0 bridgehead atoms. The average molecular weight is 235 g/mol. The first-order valence-corrected chi connectivity index (χ1v) is 4.79. The summed E-state index contributed by atoms with van der Waals surface area (Å²) in [6, 6.07) is 3.15. The van der Waals surface area contributed by atoms with Crippen molar-refractivity contribution in [3.8, 4) is 5.75 Å². The molecule has 1 N–H and O–H groups in total. The van der Waals surface area contributed by atoms with Crippen molar-refractivity contribution in [2.45, 2.75) is 12.8 Å². The summed E-state index contributed by atoms with van der Waals surface area (Å²) in [6.45, 7) is 0. The summed E-state index contributed by atoms with van der Waals surface area (Å²) in [5.41, 5.74) is -0.307. The number of aromatic hydroxyl groups is 1. The largest absolute Gasteiger partial charge is 0.508 e. The molecule has 0 aliphatic carbocycles. The van der Waals surface area contributed by atoms with Crippen LogP contribution in [0.1, 0.15) is 28.8 Å². The zero-order valence-electron chi connectivity index (χ0n) is 7.71. The normalized spacial score (nSPS) is 10.7. The molecule has 0 radical (unpaired) electrons. The monoisotopic (exact) mass is 234 g/mol. The van der Waals surface area contributed by atoms with E-state index in [4.69, 9.17) is 16.7 Å². The van der Waals surface area contributed by atoms with E-state index in [1.54, 1.807) is 0 Å². The van der Waals surface area contributed by atoms with E-state index in [1.807, 2.05) is 0 Å². The van der Waals surface area contributed by atoms with Gasteiger partial charge in [0.25, 0.3) is 6.43 Å². The summed E-state index contributed by atoms with van der Waals surface area (Å²) in [7, 11) is 0. The first-order valence-electron chi connectivity index (χ1n) is 4.26. The minimum atomic E-state index is -2.71. The smallest absolute Gasteiger partial charge is 0.264 e. The SMILES string of the molecule is O=C(CCCl)c1cc(O)cc(C(F)F)c1. The molecule has 5 heteroatoms. The molecule has 0 saturated heterocycles. The number of alkyl halides is 3. The number of phenolic OH excluding ortho intramolecular Hbond substituents is 1.